The van der Waals surface area contributed by atoms with Gasteiger partial charge in [-0.05, 0) is 6.54 Å². The van der Waals surface area contributed by atoms with Crippen LogP contribution >= 0.6 is 0 Å². The van der Waals surface area contributed by atoms with Crippen molar-refractivity contribution in [2.24, 2.45) is 5.41 Å². The van der Waals surface area contributed by atoms with Crippen molar-refractivity contribution in [1.82, 2.24) is 5.32 Å². The maximum Gasteiger partial charge on any atom is 0.0600 e. The van der Waals surface area contributed by atoms with Crippen LogP contribution in [0.4, 0.5) is 0 Å². The molecule has 0 saturated carbocycles. The molecule has 0 aromatic carbocycles. The minimum atomic E-state index is 0.102. The molecule has 0 saturated heterocycles. The fourth-order valence-corrected chi connectivity index (χ4v) is 1.44. The zero-order chi connectivity index (χ0) is 8.86. The van der Waals surface area contributed by atoms with E-state index in [1.165, 1.54) is 0 Å². The summed E-state index contributed by atoms with van der Waals surface area (Å²) in [5.41, 5.74) is 0.102. The lowest BCUT2D eigenvalue weighted by Gasteiger charge is -2.24. The predicted molar refractivity (Wildman–Crippen MR) is 51.1 cm³/mol. The first-order valence-electron chi connectivity index (χ1n) is 4.40. The van der Waals surface area contributed by atoms with Crippen LogP contribution in [0.3, 0.4) is 0 Å². The van der Waals surface area contributed by atoms with Crippen LogP contribution < -0.4 is 5.32 Å². The Labute approximate surface area is 74.3 Å². The monoisotopic (exact) mass is 167 g/mol. The normalized spacial score (nSPS) is 18.8. The van der Waals surface area contributed by atoms with Gasteiger partial charge in [-0.25, -0.2) is 0 Å². The molecular formula is C10H17NO. The van der Waals surface area contributed by atoms with Gasteiger partial charge < -0.3 is 10.1 Å². The van der Waals surface area contributed by atoms with E-state index >= 15 is 0 Å². The number of methoxy groups -OCH3 is 1. The molecule has 0 bridgehead atoms. The maximum atomic E-state index is 5.18. The summed E-state index contributed by atoms with van der Waals surface area (Å²) in [6.07, 6.45) is 8.55. The Morgan fingerprint density at radius 3 is 2.50 bits per heavy atom. The van der Waals surface area contributed by atoms with Crippen LogP contribution in [0.2, 0.25) is 0 Å². The molecule has 1 aliphatic rings. The van der Waals surface area contributed by atoms with E-state index in [2.05, 4.69) is 36.5 Å². The van der Waals surface area contributed by atoms with E-state index in [1.54, 1.807) is 7.11 Å². The topological polar surface area (TPSA) is 21.3 Å². The third-order valence-electron chi connectivity index (χ3n) is 2.08. The summed E-state index contributed by atoms with van der Waals surface area (Å²) in [6.45, 7) is 4.84. The van der Waals surface area contributed by atoms with Crippen molar-refractivity contribution in [2.75, 3.05) is 26.8 Å². The highest BCUT2D eigenvalue weighted by molar-refractivity contribution is 5.25. The molecule has 1 aliphatic carbocycles. The van der Waals surface area contributed by atoms with Gasteiger partial charge in [0, 0.05) is 19.1 Å². The van der Waals surface area contributed by atoms with Gasteiger partial charge in [0.1, 0.15) is 0 Å². The molecule has 0 aromatic rings. The molecule has 2 nitrogen and oxygen atoms in total. The highest BCUT2D eigenvalue weighted by Gasteiger charge is 2.24. The second kappa shape index (κ2) is 4.43. The lowest BCUT2D eigenvalue weighted by Crippen LogP contribution is -2.33. The predicted octanol–water partition coefficient (Wildman–Crippen LogP) is 1.35. The van der Waals surface area contributed by atoms with E-state index in [-0.39, 0.29) is 5.41 Å². The highest BCUT2D eigenvalue weighted by atomic mass is 16.5. The standard InChI is InChI=1S/C10H17NO/c1-3-11-8-10(9-12-2)6-4-5-7-10/h4-7,11H,3,8-9H2,1-2H3. The minimum Gasteiger partial charge on any atom is -0.383 e. The van der Waals surface area contributed by atoms with Gasteiger partial charge in [0.2, 0.25) is 0 Å². The zero-order valence-electron chi connectivity index (χ0n) is 7.84. The van der Waals surface area contributed by atoms with Gasteiger partial charge in [-0.1, -0.05) is 31.2 Å². The SMILES string of the molecule is CCNCC1(COC)C=CC=C1. The summed E-state index contributed by atoms with van der Waals surface area (Å²) in [4.78, 5) is 0. The van der Waals surface area contributed by atoms with Gasteiger partial charge in [-0.3, -0.25) is 0 Å². The summed E-state index contributed by atoms with van der Waals surface area (Å²) in [5.74, 6) is 0. The van der Waals surface area contributed by atoms with Crippen LogP contribution in [-0.4, -0.2) is 26.8 Å². The highest BCUT2D eigenvalue weighted by Crippen LogP contribution is 2.25. The third kappa shape index (κ3) is 2.19. The van der Waals surface area contributed by atoms with Gasteiger partial charge in [0.15, 0.2) is 0 Å². The first kappa shape index (κ1) is 9.49. The van der Waals surface area contributed by atoms with Crippen molar-refractivity contribution in [3.8, 4) is 0 Å². The molecule has 0 fully saturated rings. The van der Waals surface area contributed by atoms with E-state index in [0.717, 1.165) is 19.7 Å². The van der Waals surface area contributed by atoms with Gasteiger partial charge in [-0.2, -0.15) is 0 Å². The van der Waals surface area contributed by atoms with Gasteiger partial charge in [0.25, 0.3) is 0 Å². The quantitative estimate of drug-likeness (QED) is 0.667. The number of allylic oxidation sites excluding steroid dienone is 2. The fraction of sp³-hybridized carbons (Fsp3) is 0.600. The van der Waals surface area contributed by atoms with Crippen LogP contribution in [0.15, 0.2) is 24.3 Å². The molecule has 68 valence electrons. The van der Waals surface area contributed by atoms with Crippen LogP contribution in [-0.2, 0) is 4.74 Å². The van der Waals surface area contributed by atoms with Gasteiger partial charge in [0.05, 0.1) is 6.61 Å². The van der Waals surface area contributed by atoms with Crippen molar-refractivity contribution in [3.05, 3.63) is 24.3 Å². The van der Waals surface area contributed by atoms with Crippen molar-refractivity contribution < 1.29 is 4.74 Å². The molecule has 0 aliphatic heterocycles. The molecule has 0 heterocycles. The van der Waals surface area contributed by atoms with Crippen molar-refractivity contribution in [2.45, 2.75) is 6.92 Å². The average molecular weight is 167 g/mol. The largest absolute Gasteiger partial charge is 0.383 e. The molecule has 0 spiro atoms. The Balaban J connectivity index is 2.48. The molecule has 2 heteroatoms. The smallest absolute Gasteiger partial charge is 0.0600 e. The van der Waals surface area contributed by atoms with Gasteiger partial charge >= 0.3 is 0 Å². The fourth-order valence-electron chi connectivity index (χ4n) is 1.44. The van der Waals surface area contributed by atoms with Crippen LogP contribution in [0.5, 0.6) is 0 Å². The number of nitrogens with one attached hydrogen (secondary N) is 1. The summed E-state index contributed by atoms with van der Waals surface area (Å²) in [7, 11) is 1.74. The van der Waals surface area contributed by atoms with Crippen molar-refractivity contribution in [1.29, 1.82) is 0 Å². The lowest BCUT2D eigenvalue weighted by molar-refractivity contribution is 0.138. The Hall–Kier alpha value is -0.600. The summed E-state index contributed by atoms with van der Waals surface area (Å²) in [6, 6.07) is 0. The first-order valence-corrected chi connectivity index (χ1v) is 4.40. The second-order valence-electron chi connectivity index (χ2n) is 3.16. The van der Waals surface area contributed by atoms with E-state index in [0.29, 0.717) is 0 Å². The average Bonchev–Trinajstić information content (AvgIpc) is 2.51. The number of hydrogen-bond donors (Lipinski definition) is 1. The molecule has 1 N–H and O–H groups in total. The van der Waals surface area contributed by atoms with E-state index in [9.17, 15) is 0 Å². The molecule has 0 unspecified atom stereocenters. The van der Waals surface area contributed by atoms with E-state index in [4.69, 9.17) is 4.74 Å². The molecule has 12 heavy (non-hydrogen) atoms. The van der Waals surface area contributed by atoms with E-state index in [1.807, 2.05) is 0 Å². The lowest BCUT2D eigenvalue weighted by atomic mass is 9.91. The number of hydrogen-bond acceptors (Lipinski definition) is 2. The van der Waals surface area contributed by atoms with E-state index < -0.39 is 0 Å². The number of rotatable bonds is 5. The summed E-state index contributed by atoms with van der Waals surface area (Å²) >= 11 is 0. The van der Waals surface area contributed by atoms with Gasteiger partial charge in [-0.15, -0.1) is 0 Å². The van der Waals surface area contributed by atoms with Crippen molar-refractivity contribution in [3.63, 3.8) is 0 Å². The van der Waals surface area contributed by atoms with Crippen LogP contribution in [0.25, 0.3) is 0 Å². The van der Waals surface area contributed by atoms with Crippen LogP contribution in [0.1, 0.15) is 6.92 Å². The Kier molecular flexibility index (Phi) is 3.50. The Bertz CT molecular complexity index is 172. The number of ether oxygens (including phenoxy) is 1. The van der Waals surface area contributed by atoms with Crippen molar-refractivity contribution >= 4 is 0 Å². The maximum absolute atomic E-state index is 5.18. The molecule has 0 radical (unpaired) electrons. The molecule has 1 rings (SSSR count). The molecule has 0 aromatic heterocycles. The molecule has 0 atom stereocenters. The third-order valence-corrected chi connectivity index (χ3v) is 2.08. The summed E-state index contributed by atoms with van der Waals surface area (Å²) < 4.78 is 5.18. The first-order chi connectivity index (χ1) is 5.83. The Morgan fingerprint density at radius 2 is 2.00 bits per heavy atom. The zero-order valence-corrected chi connectivity index (χ0v) is 7.84. The molecule has 0 amide bonds. The Morgan fingerprint density at radius 1 is 1.33 bits per heavy atom. The van der Waals surface area contributed by atoms with Crippen LogP contribution in [0, 0.1) is 5.41 Å². The summed E-state index contributed by atoms with van der Waals surface area (Å²) in [5, 5.41) is 3.33. The minimum absolute atomic E-state index is 0.102. The second-order valence-corrected chi connectivity index (χ2v) is 3.16. The molecular weight excluding hydrogens is 150 g/mol.